The predicted molar refractivity (Wildman–Crippen MR) is 97.1 cm³/mol. The zero-order valence-corrected chi connectivity index (χ0v) is 14.5. The normalized spacial score (nSPS) is 16.1. The number of rotatable bonds is 3. The Labute approximate surface area is 139 Å². The van der Waals surface area contributed by atoms with E-state index in [4.69, 9.17) is 10.5 Å². The van der Waals surface area contributed by atoms with Crippen molar-refractivity contribution in [2.24, 2.45) is 0 Å². The number of hydrogen-bond acceptors (Lipinski definition) is 3. The van der Waals surface area contributed by atoms with Crippen LogP contribution in [0, 0.1) is 0 Å². The molecule has 0 fully saturated rings. The Morgan fingerprint density at radius 1 is 1.13 bits per heavy atom. The monoisotopic (exact) mass is 310 g/mol. The highest BCUT2D eigenvalue weighted by Gasteiger charge is 2.31. The first-order valence-electron chi connectivity index (χ1n) is 8.26. The fourth-order valence-electron chi connectivity index (χ4n) is 3.11. The highest BCUT2D eigenvalue weighted by molar-refractivity contribution is 5.66. The first kappa shape index (κ1) is 15.7. The lowest BCUT2D eigenvalue weighted by Gasteiger charge is -2.41. The lowest BCUT2D eigenvalue weighted by Crippen LogP contribution is -2.46. The van der Waals surface area contributed by atoms with Crippen LogP contribution in [0.25, 0.3) is 0 Å². The second-order valence-corrected chi connectivity index (χ2v) is 7.34. The van der Waals surface area contributed by atoms with Crippen LogP contribution in [0.2, 0.25) is 0 Å². The average molecular weight is 310 g/mol. The smallest absolute Gasteiger partial charge is 0.143 e. The largest absolute Gasteiger partial charge is 0.484 e. The van der Waals surface area contributed by atoms with Crippen LogP contribution in [0.4, 0.5) is 11.4 Å². The molecular formula is C20H26N2O. The number of nitrogen functional groups attached to an aromatic ring is 1. The molecule has 1 aliphatic heterocycles. The van der Waals surface area contributed by atoms with Gasteiger partial charge in [0.25, 0.3) is 0 Å². The van der Waals surface area contributed by atoms with Gasteiger partial charge in [-0.3, -0.25) is 0 Å². The van der Waals surface area contributed by atoms with Crippen LogP contribution in [-0.2, 0) is 6.54 Å². The quantitative estimate of drug-likeness (QED) is 0.844. The molecule has 0 unspecified atom stereocenters. The SMILES string of the molecule is CC(C)c1ccc(CN2CC(C)(C)Oc3ccc(N)cc32)cc1. The Kier molecular flexibility index (Phi) is 3.97. The van der Waals surface area contributed by atoms with Gasteiger partial charge in [0.05, 0.1) is 12.2 Å². The molecule has 2 N–H and O–H groups in total. The molecule has 0 radical (unpaired) electrons. The standard InChI is InChI=1S/C20H26N2O/c1-14(2)16-7-5-15(6-8-16)12-22-13-20(3,4)23-19-10-9-17(21)11-18(19)22/h5-11,14H,12-13,21H2,1-4H3. The lowest BCUT2D eigenvalue weighted by atomic mass is 10.0. The first-order chi connectivity index (χ1) is 10.8. The maximum absolute atomic E-state index is 6.10. The van der Waals surface area contributed by atoms with Crippen molar-refractivity contribution in [3.05, 3.63) is 53.6 Å². The van der Waals surface area contributed by atoms with Crippen molar-refractivity contribution < 1.29 is 4.74 Å². The fraction of sp³-hybridized carbons (Fsp3) is 0.400. The summed E-state index contributed by atoms with van der Waals surface area (Å²) in [6, 6.07) is 14.8. The van der Waals surface area contributed by atoms with Crippen LogP contribution in [-0.4, -0.2) is 12.1 Å². The molecule has 3 heteroatoms. The summed E-state index contributed by atoms with van der Waals surface area (Å²) in [5, 5.41) is 0. The van der Waals surface area contributed by atoms with Gasteiger partial charge in [0, 0.05) is 12.2 Å². The zero-order chi connectivity index (χ0) is 16.6. The molecule has 2 aromatic rings. The first-order valence-corrected chi connectivity index (χ1v) is 8.26. The number of nitrogens with two attached hydrogens (primary N) is 1. The third kappa shape index (κ3) is 3.44. The summed E-state index contributed by atoms with van der Waals surface area (Å²) < 4.78 is 6.10. The molecule has 1 heterocycles. The summed E-state index contributed by atoms with van der Waals surface area (Å²) in [6.07, 6.45) is 0. The van der Waals surface area contributed by atoms with Crippen LogP contribution in [0.3, 0.4) is 0 Å². The van der Waals surface area contributed by atoms with Gasteiger partial charge in [-0.2, -0.15) is 0 Å². The number of benzene rings is 2. The van der Waals surface area contributed by atoms with Crippen molar-refractivity contribution in [2.45, 2.75) is 45.8 Å². The van der Waals surface area contributed by atoms with E-state index in [0.717, 1.165) is 30.2 Å². The molecule has 0 saturated heterocycles. The van der Waals surface area contributed by atoms with E-state index < -0.39 is 0 Å². The maximum Gasteiger partial charge on any atom is 0.143 e. The van der Waals surface area contributed by atoms with Crippen molar-refractivity contribution in [2.75, 3.05) is 17.2 Å². The number of ether oxygens (including phenoxy) is 1. The summed E-state index contributed by atoms with van der Waals surface area (Å²) in [5.74, 6) is 1.47. The third-order valence-corrected chi connectivity index (χ3v) is 4.30. The van der Waals surface area contributed by atoms with Gasteiger partial charge >= 0.3 is 0 Å². The van der Waals surface area contributed by atoms with E-state index in [1.807, 2.05) is 18.2 Å². The van der Waals surface area contributed by atoms with Gasteiger partial charge in [-0.05, 0) is 49.1 Å². The molecule has 0 amide bonds. The van der Waals surface area contributed by atoms with E-state index in [1.165, 1.54) is 11.1 Å². The number of hydrogen-bond donors (Lipinski definition) is 1. The van der Waals surface area contributed by atoms with Gasteiger partial charge in [-0.15, -0.1) is 0 Å². The molecule has 0 bridgehead atoms. The number of nitrogens with zero attached hydrogens (tertiary/aromatic N) is 1. The topological polar surface area (TPSA) is 38.5 Å². The Hall–Kier alpha value is -2.16. The van der Waals surface area contributed by atoms with Crippen LogP contribution in [0.1, 0.15) is 44.7 Å². The van der Waals surface area contributed by atoms with E-state index in [-0.39, 0.29) is 5.60 Å². The lowest BCUT2D eigenvalue weighted by molar-refractivity contribution is 0.104. The fourth-order valence-corrected chi connectivity index (χ4v) is 3.11. The van der Waals surface area contributed by atoms with E-state index in [2.05, 4.69) is 56.9 Å². The van der Waals surface area contributed by atoms with Crippen molar-refractivity contribution in [3.8, 4) is 5.75 Å². The van der Waals surface area contributed by atoms with Crippen LogP contribution >= 0.6 is 0 Å². The minimum atomic E-state index is -0.207. The molecule has 2 aromatic carbocycles. The van der Waals surface area contributed by atoms with Gasteiger partial charge in [-0.25, -0.2) is 0 Å². The van der Waals surface area contributed by atoms with Crippen LogP contribution < -0.4 is 15.4 Å². The summed E-state index contributed by atoms with van der Waals surface area (Å²) in [5.41, 5.74) is 10.3. The van der Waals surface area contributed by atoms with E-state index >= 15 is 0 Å². The Morgan fingerprint density at radius 3 is 2.48 bits per heavy atom. The van der Waals surface area contributed by atoms with Crippen LogP contribution in [0.15, 0.2) is 42.5 Å². The third-order valence-electron chi connectivity index (χ3n) is 4.30. The Bertz CT molecular complexity index is 689. The van der Waals surface area contributed by atoms with E-state index in [9.17, 15) is 0 Å². The molecule has 1 aliphatic rings. The van der Waals surface area contributed by atoms with Crippen LogP contribution in [0.5, 0.6) is 5.75 Å². The van der Waals surface area contributed by atoms with Crippen molar-refractivity contribution in [1.82, 2.24) is 0 Å². The summed E-state index contributed by atoms with van der Waals surface area (Å²) in [7, 11) is 0. The Morgan fingerprint density at radius 2 is 1.83 bits per heavy atom. The van der Waals surface area contributed by atoms with Gasteiger partial charge in [-0.1, -0.05) is 38.1 Å². The predicted octanol–water partition coefficient (Wildman–Crippen LogP) is 4.57. The number of fused-ring (bicyclic) bond motifs is 1. The van der Waals surface area contributed by atoms with Gasteiger partial charge in [0.2, 0.25) is 0 Å². The van der Waals surface area contributed by atoms with Gasteiger partial charge in [0.15, 0.2) is 0 Å². The van der Waals surface area contributed by atoms with E-state index in [0.29, 0.717) is 5.92 Å². The average Bonchev–Trinajstić information content (AvgIpc) is 2.48. The highest BCUT2D eigenvalue weighted by atomic mass is 16.5. The molecule has 0 aliphatic carbocycles. The second kappa shape index (κ2) is 5.80. The highest BCUT2D eigenvalue weighted by Crippen LogP contribution is 2.39. The molecule has 23 heavy (non-hydrogen) atoms. The summed E-state index contributed by atoms with van der Waals surface area (Å²) in [6.45, 7) is 10.4. The molecule has 3 rings (SSSR count). The van der Waals surface area contributed by atoms with Crippen molar-refractivity contribution in [3.63, 3.8) is 0 Å². The van der Waals surface area contributed by atoms with Crippen molar-refractivity contribution >= 4 is 11.4 Å². The maximum atomic E-state index is 6.10. The molecule has 0 spiro atoms. The molecule has 122 valence electrons. The molecular weight excluding hydrogens is 284 g/mol. The zero-order valence-electron chi connectivity index (χ0n) is 14.5. The molecule has 0 saturated carbocycles. The summed E-state index contributed by atoms with van der Waals surface area (Å²) >= 11 is 0. The van der Waals surface area contributed by atoms with E-state index in [1.54, 1.807) is 0 Å². The van der Waals surface area contributed by atoms with Gasteiger partial charge < -0.3 is 15.4 Å². The molecule has 0 aromatic heterocycles. The minimum absolute atomic E-state index is 0.207. The molecule has 3 nitrogen and oxygen atoms in total. The number of anilines is 2. The molecule has 0 atom stereocenters. The van der Waals surface area contributed by atoms with Gasteiger partial charge in [0.1, 0.15) is 11.4 Å². The summed E-state index contributed by atoms with van der Waals surface area (Å²) in [4.78, 5) is 2.36. The Balaban J connectivity index is 1.88. The van der Waals surface area contributed by atoms with Crippen molar-refractivity contribution in [1.29, 1.82) is 0 Å². The minimum Gasteiger partial charge on any atom is -0.484 e. The second-order valence-electron chi connectivity index (χ2n) is 7.34.